The Balaban J connectivity index is 1.46. The van der Waals surface area contributed by atoms with Crippen molar-refractivity contribution in [2.45, 2.75) is 61.4 Å². The molecule has 0 aromatic heterocycles. The SMILES string of the molecule is OCC1O[C@@H](O[C@@H]2C3CO[C@H](O3)C3OC32)C(O)C(O)[C@@H]1O. The lowest BCUT2D eigenvalue weighted by molar-refractivity contribution is -0.319. The fourth-order valence-electron chi connectivity index (χ4n) is 3.12. The maximum atomic E-state index is 9.97. The van der Waals surface area contributed by atoms with Gasteiger partial charge in [-0.2, -0.15) is 0 Å². The maximum absolute atomic E-state index is 9.97. The first-order chi connectivity index (χ1) is 10.1. The van der Waals surface area contributed by atoms with Crippen LogP contribution in [0.25, 0.3) is 0 Å². The molecule has 4 heterocycles. The molecular weight excluding hydrogens is 288 g/mol. The van der Waals surface area contributed by atoms with Crippen LogP contribution < -0.4 is 0 Å². The Labute approximate surface area is 119 Å². The second-order valence-corrected chi connectivity index (χ2v) is 5.74. The Kier molecular flexibility index (Phi) is 3.45. The van der Waals surface area contributed by atoms with Gasteiger partial charge in [0.2, 0.25) is 0 Å². The quantitative estimate of drug-likeness (QED) is 0.396. The van der Waals surface area contributed by atoms with Crippen molar-refractivity contribution in [2.75, 3.05) is 13.2 Å². The largest absolute Gasteiger partial charge is 0.394 e. The summed E-state index contributed by atoms with van der Waals surface area (Å²) in [6, 6.07) is 0. The molecule has 0 aromatic carbocycles. The number of aliphatic hydroxyl groups is 4. The zero-order chi connectivity index (χ0) is 14.7. The van der Waals surface area contributed by atoms with E-state index in [-0.39, 0.29) is 24.6 Å². The van der Waals surface area contributed by atoms with E-state index in [2.05, 4.69) is 0 Å². The smallest absolute Gasteiger partial charge is 0.187 e. The van der Waals surface area contributed by atoms with E-state index in [9.17, 15) is 15.3 Å². The predicted molar refractivity (Wildman–Crippen MR) is 61.9 cm³/mol. The second-order valence-electron chi connectivity index (χ2n) is 5.74. The van der Waals surface area contributed by atoms with Crippen LogP contribution in [0.1, 0.15) is 0 Å². The number of ether oxygens (including phenoxy) is 5. The van der Waals surface area contributed by atoms with Crippen molar-refractivity contribution in [3.8, 4) is 0 Å². The van der Waals surface area contributed by atoms with Crippen molar-refractivity contribution in [3.05, 3.63) is 0 Å². The van der Waals surface area contributed by atoms with Crippen LogP contribution in [0.15, 0.2) is 0 Å². The molecule has 9 heteroatoms. The van der Waals surface area contributed by atoms with E-state index in [1.807, 2.05) is 0 Å². The molecule has 10 atom stereocenters. The van der Waals surface area contributed by atoms with E-state index in [1.165, 1.54) is 0 Å². The van der Waals surface area contributed by atoms with Crippen LogP contribution in [-0.2, 0) is 23.7 Å². The molecular formula is C12H18O9. The molecule has 0 amide bonds. The van der Waals surface area contributed by atoms with Crippen LogP contribution in [0.5, 0.6) is 0 Å². The summed E-state index contributed by atoms with van der Waals surface area (Å²) in [4.78, 5) is 0. The summed E-state index contributed by atoms with van der Waals surface area (Å²) in [5, 5.41) is 38.6. The summed E-state index contributed by atoms with van der Waals surface area (Å²) in [6.07, 6.45) is -8.04. The van der Waals surface area contributed by atoms with Crippen molar-refractivity contribution in [2.24, 2.45) is 0 Å². The zero-order valence-electron chi connectivity index (χ0n) is 11.0. The van der Waals surface area contributed by atoms with Crippen LogP contribution in [-0.4, -0.2) is 95.1 Å². The Morgan fingerprint density at radius 2 is 1.76 bits per heavy atom. The molecule has 4 aliphatic heterocycles. The maximum Gasteiger partial charge on any atom is 0.187 e. The topological polar surface area (TPSA) is 130 Å². The molecule has 9 nitrogen and oxygen atoms in total. The van der Waals surface area contributed by atoms with E-state index in [0.717, 1.165) is 0 Å². The molecule has 4 saturated heterocycles. The molecule has 4 aliphatic rings. The molecule has 0 aliphatic carbocycles. The van der Waals surface area contributed by atoms with Gasteiger partial charge < -0.3 is 44.1 Å². The van der Waals surface area contributed by atoms with Gasteiger partial charge in [-0.15, -0.1) is 0 Å². The molecule has 4 N–H and O–H groups in total. The van der Waals surface area contributed by atoms with Crippen molar-refractivity contribution >= 4 is 0 Å². The predicted octanol–water partition coefficient (Wildman–Crippen LogP) is -3.31. The Hall–Kier alpha value is -0.360. The first kappa shape index (κ1) is 14.2. The summed E-state index contributed by atoms with van der Waals surface area (Å²) in [5.41, 5.74) is 0. The average molecular weight is 306 g/mol. The number of rotatable bonds is 3. The third-order valence-electron chi connectivity index (χ3n) is 4.39. The third kappa shape index (κ3) is 2.21. The molecule has 0 aromatic rings. The van der Waals surface area contributed by atoms with Crippen LogP contribution in [0.2, 0.25) is 0 Å². The van der Waals surface area contributed by atoms with Gasteiger partial charge in [-0.05, 0) is 0 Å². The molecule has 4 rings (SSSR count). The fourth-order valence-corrected chi connectivity index (χ4v) is 3.12. The zero-order valence-corrected chi connectivity index (χ0v) is 11.0. The minimum atomic E-state index is -1.46. The minimum Gasteiger partial charge on any atom is -0.394 e. The highest BCUT2D eigenvalue weighted by Gasteiger charge is 2.63. The molecule has 120 valence electrons. The van der Waals surface area contributed by atoms with Gasteiger partial charge in [-0.25, -0.2) is 0 Å². The van der Waals surface area contributed by atoms with Crippen molar-refractivity contribution in [1.29, 1.82) is 0 Å². The lowest BCUT2D eigenvalue weighted by atomic mass is 9.99. The van der Waals surface area contributed by atoms with Gasteiger partial charge in [0.1, 0.15) is 48.8 Å². The van der Waals surface area contributed by atoms with Gasteiger partial charge in [0.25, 0.3) is 0 Å². The summed E-state index contributed by atoms with van der Waals surface area (Å²) >= 11 is 0. The minimum absolute atomic E-state index is 0.182. The molecule has 21 heavy (non-hydrogen) atoms. The van der Waals surface area contributed by atoms with Gasteiger partial charge in [-0.1, -0.05) is 0 Å². The number of hydrogen-bond donors (Lipinski definition) is 4. The fraction of sp³-hybridized carbons (Fsp3) is 1.00. The molecule has 0 radical (unpaired) electrons. The van der Waals surface area contributed by atoms with E-state index in [4.69, 9.17) is 28.8 Å². The van der Waals surface area contributed by atoms with Gasteiger partial charge in [-0.3, -0.25) is 0 Å². The number of fused-ring (bicyclic) bond motifs is 4. The van der Waals surface area contributed by atoms with Crippen LogP contribution in [0.3, 0.4) is 0 Å². The summed E-state index contributed by atoms with van der Waals surface area (Å²) < 4.78 is 27.4. The average Bonchev–Trinajstić information content (AvgIpc) is 3.17. The van der Waals surface area contributed by atoms with Crippen molar-refractivity contribution in [1.82, 2.24) is 0 Å². The molecule has 0 spiro atoms. The van der Waals surface area contributed by atoms with E-state index in [1.54, 1.807) is 0 Å². The first-order valence-corrected chi connectivity index (χ1v) is 6.98. The van der Waals surface area contributed by atoms with Gasteiger partial charge in [0.15, 0.2) is 12.6 Å². The van der Waals surface area contributed by atoms with Crippen LogP contribution in [0.4, 0.5) is 0 Å². The van der Waals surface area contributed by atoms with E-state index in [0.29, 0.717) is 6.61 Å². The van der Waals surface area contributed by atoms with Crippen LogP contribution in [0, 0.1) is 0 Å². The standard InChI is InChI=1S/C12H18O9/c13-1-3-5(14)6(15)7(16)11(18-3)21-8-4-2-17-12(19-4)10-9(8)20-10/h3-16H,1-2H2/t3?,4?,5-,6?,7?,8-,9?,10?,11+,12-/m1/s1. The third-order valence-corrected chi connectivity index (χ3v) is 4.39. The van der Waals surface area contributed by atoms with Crippen molar-refractivity contribution < 1.29 is 44.1 Å². The highest BCUT2D eigenvalue weighted by Crippen LogP contribution is 2.43. The first-order valence-electron chi connectivity index (χ1n) is 6.98. The highest BCUT2D eigenvalue weighted by atomic mass is 16.8. The molecule has 2 bridgehead atoms. The number of hydrogen-bond acceptors (Lipinski definition) is 9. The Morgan fingerprint density at radius 1 is 0.952 bits per heavy atom. The number of aliphatic hydroxyl groups excluding tert-OH is 4. The lowest BCUT2D eigenvalue weighted by Crippen LogP contribution is -2.60. The van der Waals surface area contributed by atoms with Crippen LogP contribution >= 0.6 is 0 Å². The molecule has 4 fully saturated rings. The summed E-state index contributed by atoms with van der Waals surface area (Å²) in [7, 11) is 0. The number of epoxide rings is 1. The van der Waals surface area contributed by atoms with Gasteiger partial charge in [0, 0.05) is 0 Å². The lowest BCUT2D eigenvalue weighted by Gasteiger charge is -2.41. The molecule has 6 unspecified atom stereocenters. The normalized spacial score (nSPS) is 58.9. The summed E-state index contributed by atoms with van der Waals surface area (Å²) in [6.45, 7) is -0.133. The Morgan fingerprint density at radius 3 is 2.52 bits per heavy atom. The van der Waals surface area contributed by atoms with Crippen molar-refractivity contribution in [3.63, 3.8) is 0 Å². The highest BCUT2D eigenvalue weighted by molar-refractivity contribution is 5.05. The Bertz CT molecular complexity index is 404. The second kappa shape index (κ2) is 5.08. The van der Waals surface area contributed by atoms with E-state index >= 15 is 0 Å². The van der Waals surface area contributed by atoms with Gasteiger partial charge >= 0.3 is 0 Å². The monoisotopic (exact) mass is 306 g/mol. The molecule has 0 saturated carbocycles. The van der Waals surface area contributed by atoms with E-state index < -0.39 is 43.4 Å². The van der Waals surface area contributed by atoms with Gasteiger partial charge in [0.05, 0.1) is 13.2 Å². The summed E-state index contributed by atoms with van der Waals surface area (Å²) in [5.74, 6) is 0.